The van der Waals surface area contributed by atoms with E-state index in [-0.39, 0.29) is 0 Å². The summed E-state index contributed by atoms with van der Waals surface area (Å²) in [6.07, 6.45) is 1.75. The largest absolute Gasteiger partial charge is 0.372 e. The van der Waals surface area contributed by atoms with Crippen LogP contribution in [0.25, 0.3) is 0 Å². The Labute approximate surface area is 162 Å². The van der Waals surface area contributed by atoms with Crippen molar-refractivity contribution in [3.05, 3.63) is 30.0 Å². The molecule has 1 fully saturated rings. The second-order valence-corrected chi connectivity index (χ2v) is 6.86. The van der Waals surface area contributed by atoms with Gasteiger partial charge in [-0.1, -0.05) is 6.92 Å². The van der Waals surface area contributed by atoms with E-state index in [1.54, 1.807) is 6.20 Å². The number of piperazine rings is 1. The quantitative estimate of drug-likeness (QED) is 0.805. The maximum atomic E-state index is 4.69. The van der Waals surface area contributed by atoms with Crippen molar-refractivity contribution in [2.24, 2.45) is 0 Å². The maximum absolute atomic E-state index is 4.69. The summed E-state index contributed by atoms with van der Waals surface area (Å²) in [5, 5.41) is 11.7. The molecule has 0 spiro atoms. The van der Waals surface area contributed by atoms with Crippen molar-refractivity contribution >= 4 is 23.1 Å². The molecule has 7 nitrogen and oxygen atoms in total. The van der Waals surface area contributed by atoms with Gasteiger partial charge < -0.3 is 20.0 Å². The van der Waals surface area contributed by atoms with Gasteiger partial charge in [0.15, 0.2) is 5.82 Å². The van der Waals surface area contributed by atoms with E-state index in [1.165, 1.54) is 11.3 Å². The van der Waals surface area contributed by atoms with Gasteiger partial charge in [0, 0.05) is 50.6 Å². The maximum Gasteiger partial charge on any atom is 0.249 e. The minimum atomic E-state index is 0.545. The van der Waals surface area contributed by atoms with Crippen LogP contribution in [0.3, 0.4) is 0 Å². The van der Waals surface area contributed by atoms with Crippen LogP contribution in [0.2, 0.25) is 0 Å². The van der Waals surface area contributed by atoms with Crippen LogP contribution in [0.1, 0.15) is 26.3 Å². The second kappa shape index (κ2) is 8.99. The van der Waals surface area contributed by atoms with Crippen molar-refractivity contribution in [2.75, 3.05) is 60.9 Å². The molecule has 1 aromatic heterocycles. The zero-order valence-corrected chi connectivity index (χ0v) is 16.9. The number of hydrogen-bond acceptors (Lipinski definition) is 7. The number of nitrogens with zero attached hydrogens (tertiary/aromatic N) is 6. The molecular formula is C20H31N7. The average molecular weight is 370 g/mol. The predicted molar refractivity (Wildman–Crippen MR) is 112 cm³/mol. The van der Waals surface area contributed by atoms with Gasteiger partial charge in [-0.15, -0.1) is 5.10 Å². The number of anilines is 4. The van der Waals surface area contributed by atoms with E-state index >= 15 is 0 Å². The molecule has 7 heteroatoms. The molecule has 0 bridgehead atoms. The molecule has 1 aromatic carbocycles. The monoisotopic (exact) mass is 369 g/mol. The predicted octanol–water partition coefficient (Wildman–Crippen LogP) is 2.91. The molecule has 27 heavy (non-hydrogen) atoms. The molecule has 1 saturated heterocycles. The van der Waals surface area contributed by atoms with Crippen molar-refractivity contribution in [2.45, 2.75) is 27.7 Å². The minimum Gasteiger partial charge on any atom is -0.372 e. The lowest BCUT2D eigenvalue weighted by atomic mass is 10.1. The number of benzene rings is 1. The highest BCUT2D eigenvalue weighted by Crippen LogP contribution is 2.25. The lowest BCUT2D eigenvalue weighted by Crippen LogP contribution is -2.46. The van der Waals surface area contributed by atoms with E-state index in [2.05, 4.69) is 81.1 Å². The normalized spacial score (nSPS) is 15.0. The Balaban J connectivity index is 1.71. The van der Waals surface area contributed by atoms with Crippen LogP contribution in [0.5, 0.6) is 0 Å². The molecule has 1 aliphatic rings. The van der Waals surface area contributed by atoms with Gasteiger partial charge in [0.2, 0.25) is 5.95 Å². The Bertz CT molecular complexity index is 737. The number of hydrogen-bond donors (Lipinski definition) is 1. The van der Waals surface area contributed by atoms with Crippen molar-refractivity contribution in [3.63, 3.8) is 0 Å². The fraction of sp³-hybridized carbons (Fsp3) is 0.550. The molecule has 0 atom stereocenters. The molecule has 0 unspecified atom stereocenters. The molecule has 3 rings (SSSR count). The Kier molecular flexibility index (Phi) is 6.45. The zero-order chi connectivity index (χ0) is 19.2. The van der Waals surface area contributed by atoms with Crippen LogP contribution in [0, 0.1) is 6.92 Å². The molecule has 2 aromatic rings. The van der Waals surface area contributed by atoms with Gasteiger partial charge in [-0.3, -0.25) is 0 Å². The van der Waals surface area contributed by atoms with Gasteiger partial charge in [-0.2, -0.15) is 10.1 Å². The average Bonchev–Trinajstić information content (AvgIpc) is 2.71. The molecule has 0 amide bonds. The number of likely N-dealkylation sites (N-methyl/N-ethyl adjacent to an activating group) is 1. The topological polar surface area (TPSA) is 60.4 Å². The molecule has 0 aliphatic carbocycles. The minimum absolute atomic E-state index is 0.545. The number of aryl methyl sites for hydroxylation is 1. The number of aromatic nitrogens is 3. The summed E-state index contributed by atoms with van der Waals surface area (Å²) in [6.45, 7) is 15.9. The van der Waals surface area contributed by atoms with Crippen LogP contribution in [0.15, 0.2) is 24.4 Å². The van der Waals surface area contributed by atoms with Crippen LogP contribution >= 0.6 is 0 Å². The summed E-state index contributed by atoms with van der Waals surface area (Å²) in [5.41, 5.74) is 3.43. The summed E-state index contributed by atoms with van der Waals surface area (Å²) in [7, 11) is 0. The number of nitrogens with one attached hydrogen (secondary N) is 1. The Morgan fingerprint density at radius 1 is 1.07 bits per heavy atom. The molecule has 0 radical (unpaired) electrons. The van der Waals surface area contributed by atoms with E-state index in [1.807, 2.05) is 0 Å². The van der Waals surface area contributed by atoms with Gasteiger partial charge >= 0.3 is 0 Å². The first-order valence-electron chi connectivity index (χ1n) is 9.94. The SMILES string of the molecule is CCN1CCN(c2cnnc(Nc3ccc(N(CC)CC)cc3C)n2)CC1. The first-order chi connectivity index (χ1) is 13.1. The van der Waals surface area contributed by atoms with Gasteiger partial charge in [0.1, 0.15) is 0 Å². The standard InChI is InChI=1S/C20H31N7/c1-5-25-10-12-27(13-11-25)19-15-21-24-20(23-19)22-18-9-8-17(14-16(18)4)26(6-2)7-3/h8-9,14-15H,5-7,10-13H2,1-4H3,(H,22,23,24). The first-order valence-corrected chi connectivity index (χ1v) is 9.94. The van der Waals surface area contributed by atoms with Gasteiger partial charge in [-0.05, 0) is 51.1 Å². The Morgan fingerprint density at radius 2 is 1.81 bits per heavy atom. The molecule has 2 heterocycles. The summed E-state index contributed by atoms with van der Waals surface area (Å²) >= 11 is 0. The van der Waals surface area contributed by atoms with Crippen molar-refractivity contribution in [1.29, 1.82) is 0 Å². The second-order valence-electron chi connectivity index (χ2n) is 6.86. The van der Waals surface area contributed by atoms with E-state index in [9.17, 15) is 0 Å². The van der Waals surface area contributed by atoms with Gasteiger partial charge in [-0.25, -0.2) is 0 Å². The summed E-state index contributed by atoms with van der Waals surface area (Å²) in [5.74, 6) is 1.43. The highest BCUT2D eigenvalue weighted by atomic mass is 15.3. The molecule has 1 aliphatic heterocycles. The highest BCUT2D eigenvalue weighted by Gasteiger charge is 2.17. The van der Waals surface area contributed by atoms with Gasteiger partial charge in [0.05, 0.1) is 6.20 Å². The molecule has 146 valence electrons. The van der Waals surface area contributed by atoms with E-state index in [0.717, 1.165) is 57.3 Å². The van der Waals surface area contributed by atoms with Crippen LogP contribution in [0.4, 0.5) is 23.1 Å². The van der Waals surface area contributed by atoms with Crippen molar-refractivity contribution < 1.29 is 0 Å². The van der Waals surface area contributed by atoms with Crippen molar-refractivity contribution in [1.82, 2.24) is 20.1 Å². The fourth-order valence-corrected chi connectivity index (χ4v) is 3.49. The summed E-state index contributed by atoms with van der Waals surface area (Å²) in [4.78, 5) is 11.8. The Morgan fingerprint density at radius 3 is 2.44 bits per heavy atom. The third-order valence-corrected chi connectivity index (χ3v) is 5.27. The van der Waals surface area contributed by atoms with E-state index < -0.39 is 0 Å². The zero-order valence-electron chi connectivity index (χ0n) is 16.9. The lowest BCUT2D eigenvalue weighted by Gasteiger charge is -2.34. The van der Waals surface area contributed by atoms with E-state index in [0.29, 0.717) is 5.95 Å². The summed E-state index contributed by atoms with van der Waals surface area (Å²) in [6, 6.07) is 6.44. The van der Waals surface area contributed by atoms with Crippen LogP contribution in [-0.2, 0) is 0 Å². The van der Waals surface area contributed by atoms with Gasteiger partial charge in [0.25, 0.3) is 0 Å². The smallest absolute Gasteiger partial charge is 0.249 e. The molecule has 1 N–H and O–H groups in total. The van der Waals surface area contributed by atoms with Crippen molar-refractivity contribution in [3.8, 4) is 0 Å². The lowest BCUT2D eigenvalue weighted by molar-refractivity contribution is 0.270. The summed E-state index contributed by atoms with van der Waals surface area (Å²) < 4.78 is 0. The molecule has 0 saturated carbocycles. The first kappa shape index (κ1) is 19.4. The Hall–Kier alpha value is -2.41. The van der Waals surface area contributed by atoms with Crippen LogP contribution in [-0.4, -0.2) is 65.9 Å². The van der Waals surface area contributed by atoms with E-state index in [4.69, 9.17) is 0 Å². The number of rotatable bonds is 7. The fourth-order valence-electron chi connectivity index (χ4n) is 3.49. The van der Waals surface area contributed by atoms with Crippen LogP contribution < -0.4 is 15.1 Å². The third-order valence-electron chi connectivity index (χ3n) is 5.27. The molecular weight excluding hydrogens is 338 g/mol. The third kappa shape index (κ3) is 4.66. The highest BCUT2D eigenvalue weighted by molar-refractivity contribution is 5.64.